The number of carboxylic acids is 1. The van der Waals surface area contributed by atoms with Crippen molar-refractivity contribution >= 4 is 17.9 Å². The van der Waals surface area contributed by atoms with Crippen LogP contribution in [0.5, 0.6) is 5.88 Å². The normalized spacial score (nSPS) is 10.9. The van der Waals surface area contributed by atoms with Crippen LogP contribution in [0.1, 0.15) is 15.9 Å². The average Bonchev–Trinajstić information content (AvgIpc) is 2.62. The van der Waals surface area contributed by atoms with Crippen molar-refractivity contribution in [2.24, 2.45) is 4.99 Å². The van der Waals surface area contributed by atoms with Gasteiger partial charge in [0, 0.05) is 6.21 Å². The van der Waals surface area contributed by atoms with Crippen molar-refractivity contribution in [3.8, 4) is 11.6 Å². The number of aromatic hydroxyl groups is 1. The number of benzene rings is 2. The van der Waals surface area contributed by atoms with Gasteiger partial charge in [-0.05, 0) is 29.8 Å². The van der Waals surface area contributed by atoms with Crippen molar-refractivity contribution in [1.29, 1.82) is 0 Å². The fourth-order valence-corrected chi connectivity index (χ4v) is 2.32. The summed E-state index contributed by atoms with van der Waals surface area (Å²) in [6.45, 7) is 0. The smallest absolute Gasteiger partial charge is 0.335 e. The van der Waals surface area contributed by atoms with E-state index in [0.717, 1.165) is 10.8 Å². The van der Waals surface area contributed by atoms with Crippen LogP contribution in [-0.2, 0) is 0 Å². The summed E-state index contributed by atoms with van der Waals surface area (Å²) in [6.07, 6.45) is 1.06. The Hall–Kier alpha value is -3.94. The Morgan fingerprint density at radius 1 is 1.12 bits per heavy atom. The number of rotatable bonds is 4. The van der Waals surface area contributed by atoms with Crippen molar-refractivity contribution in [2.75, 3.05) is 0 Å². The Labute approximate surface area is 146 Å². The van der Waals surface area contributed by atoms with Crippen molar-refractivity contribution in [2.45, 2.75) is 0 Å². The van der Waals surface area contributed by atoms with Gasteiger partial charge in [0.15, 0.2) is 0 Å². The summed E-state index contributed by atoms with van der Waals surface area (Å²) >= 11 is 0. The number of para-hydroxylation sites is 1. The molecule has 0 unspecified atom stereocenters. The minimum atomic E-state index is -1.36. The number of hydrogen-bond acceptors (Lipinski definition) is 6. The molecule has 26 heavy (non-hydrogen) atoms. The van der Waals surface area contributed by atoms with Gasteiger partial charge in [0.2, 0.25) is 5.88 Å². The van der Waals surface area contributed by atoms with E-state index >= 15 is 0 Å². The van der Waals surface area contributed by atoms with Gasteiger partial charge in [-0.1, -0.05) is 30.3 Å². The first-order chi connectivity index (χ1) is 12.5. The maximum atomic E-state index is 12.0. The summed E-state index contributed by atoms with van der Waals surface area (Å²) in [5.41, 5.74) is -1.34. The van der Waals surface area contributed by atoms with Gasteiger partial charge in [-0.15, -0.1) is 0 Å². The summed E-state index contributed by atoms with van der Waals surface area (Å²) in [4.78, 5) is 41.0. The Balaban J connectivity index is 2.09. The lowest BCUT2D eigenvalue weighted by molar-refractivity contribution is -0.255. The molecule has 0 spiro atoms. The first kappa shape index (κ1) is 16.9. The quantitative estimate of drug-likeness (QED) is 0.656. The first-order valence-electron chi connectivity index (χ1n) is 7.46. The zero-order valence-electron chi connectivity index (χ0n) is 13.2. The fourth-order valence-electron chi connectivity index (χ4n) is 2.32. The van der Waals surface area contributed by atoms with Gasteiger partial charge in [0.1, 0.15) is 5.56 Å². The van der Waals surface area contributed by atoms with Gasteiger partial charge >= 0.3 is 5.69 Å². The minimum Gasteiger partial charge on any atom is -0.545 e. The van der Waals surface area contributed by atoms with Crippen molar-refractivity contribution in [3.63, 3.8) is 0 Å². The van der Waals surface area contributed by atoms with Crippen LogP contribution < -0.4 is 16.4 Å². The number of aromatic nitrogens is 2. The van der Waals surface area contributed by atoms with Gasteiger partial charge in [0.25, 0.3) is 5.56 Å². The number of carboxylic acid groups (broad SMARTS) is 1. The van der Waals surface area contributed by atoms with Crippen LogP contribution in [-0.4, -0.2) is 26.8 Å². The zero-order valence-corrected chi connectivity index (χ0v) is 13.2. The Bertz CT molecular complexity index is 1110. The third-order valence-corrected chi connectivity index (χ3v) is 3.56. The second-order valence-corrected chi connectivity index (χ2v) is 5.26. The SMILES string of the molecule is O=C([O-])c1cccc(N=Cc2c(O)n(-c3ccccc3)c(=O)[nH]c2=O)c1. The van der Waals surface area contributed by atoms with Crippen LogP contribution in [0.15, 0.2) is 69.2 Å². The first-order valence-corrected chi connectivity index (χ1v) is 7.46. The van der Waals surface area contributed by atoms with Crippen molar-refractivity contribution < 1.29 is 15.0 Å². The molecule has 1 heterocycles. The highest BCUT2D eigenvalue weighted by Crippen LogP contribution is 2.17. The molecule has 0 aliphatic heterocycles. The summed E-state index contributed by atoms with van der Waals surface area (Å²) in [6, 6.07) is 13.8. The molecule has 0 saturated heterocycles. The van der Waals surface area contributed by atoms with Crippen molar-refractivity contribution in [1.82, 2.24) is 9.55 Å². The third kappa shape index (κ3) is 3.29. The summed E-state index contributed by atoms with van der Waals surface area (Å²) in [7, 11) is 0. The Morgan fingerprint density at radius 3 is 2.54 bits per heavy atom. The monoisotopic (exact) mass is 350 g/mol. The number of nitrogens with one attached hydrogen (secondary N) is 1. The molecule has 0 bridgehead atoms. The van der Waals surface area contributed by atoms with Crippen molar-refractivity contribution in [3.05, 3.63) is 86.6 Å². The number of aromatic carboxylic acids is 1. The molecule has 130 valence electrons. The zero-order chi connectivity index (χ0) is 18.7. The number of carbonyl (C=O) groups excluding carboxylic acids is 1. The van der Waals surface area contributed by atoms with Gasteiger partial charge in [-0.3, -0.25) is 14.8 Å². The second kappa shape index (κ2) is 6.89. The number of carbonyl (C=O) groups is 1. The lowest BCUT2D eigenvalue weighted by Crippen LogP contribution is -2.31. The van der Waals surface area contributed by atoms with Crippen LogP contribution in [0.4, 0.5) is 5.69 Å². The summed E-state index contributed by atoms with van der Waals surface area (Å²) in [5, 5.41) is 21.3. The van der Waals surface area contributed by atoms with Gasteiger partial charge in [-0.2, -0.15) is 0 Å². The number of aliphatic imine (C=N–C) groups is 1. The predicted molar refractivity (Wildman–Crippen MR) is 92.4 cm³/mol. The van der Waals surface area contributed by atoms with E-state index < -0.39 is 23.1 Å². The van der Waals surface area contributed by atoms with E-state index in [-0.39, 0.29) is 16.8 Å². The molecule has 8 heteroatoms. The number of H-pyrrole nitrogens is 1. The lowest BCUT2D eigenvalue weighted by Gasteiger charge is -2.09. The largest absolute Gasteiger partial charge is 0.545 e. The molecule has 2 N–H and O–H groups in total. The van der Waals surface area contributed by atoms with Crippen LogP contribution in [0.25, 0.3) is 5.69 Å². The summed E-state index contributed by atoms with van der Waals surface area (Å²) in [5.74, 6) is -1.94. The van der Waals surface area contributed by atoms with Gasteiger partial charge in [-0.25, -0.2) is 9.36 Å². The topological polar surface area (TPSA) is 128 Å². The number of hydrogen-bond donors (Lipinski definition) is 2. The van der Waals surface area contributed by atoms with E-state index in [9.17, 15) is 24.6 Å². The highest BCUT2D eigenvalue weighted by atomic mass is 16.4. The highest BCUT2D eigenvalue weighted by molar-refractivity contribution is 5.88. The molecule has 0 amide bonds. The van der Waals surface area contributed by atoms with E-state index in [0.29, 0.717) is 5.69 Å². The number of aromatic amines is 1. The molecule has 0 aliphatic rings. The van der Waals surface area contributed by atoms with E-state index in [4.69, 9.17) is 0 Å². The number of nitrogens with zero attached hydrogens (tertiary/aromatic N) is 2. The van der Waals surface area contributed by atoms with E-state index in [2.05, 4.69) is 9.98 Å². The Morgan fingerprint density at radius 2 is 1.85 bits per heavy atom. The summed E-state index contributed by atoms with van der Waals surface area (Å²) < 4.78 is 0.931. The predicted octanol–water partition coefficient (Wildman–Crippen LogP) is 0.345. The lowest BCUT2D eigenvalue weighted by atomic mass is 10.2. The fraction of sp³-hybridized carbons (Fsp3) is 0. The van der Waals surface area contributed by atoms with Gasteiger partial charge in [0.05, 0.1) is 17.3 Å². The third-order valence-electron chi connectivity index (χ3n) is 3.56. The van der Waals surface area contributed by atoms with E-state index in [1.807, 2.05) is 0 Å². The maximum Gasteiger partial charge on any atom is 0.335 e. The molecule has 0 atom stereocenters. The maximum absolute atomic E-state index is 12.0. The minimum absolute atomic E-state index is 0.0768. The molecular weight excluding hydrogens is 338 g/mol. The van der Waals surface area contributed by atoms with Crippen LogP contribution in [0, 0.1) is 0 Å². The highest BCUT2D eigenvalue weighted by Gasteiger charge is 2.13. The molecular formula is C18H12N3O5-. The Kier molecular flexibility index (Phi) is 4.48. The molecule has 1 aromatic heterocycles. The van der Waals surface area contributed by atoms with E-state index in [1.165, 1.54) is 24.3 Å². The molecule has 3 rings (SSSR count). The molecule has 0 fully saturated rings. The van der Waals surface area contributed by atoms with Crippen LogP contribution >= 0.6 is 0 Å². The molecule has 2 aromatic carbocycles. The van der Waals surface area contributed by atoms with Crippen LogP contribution in [0.3, 0.4) is 0 Å². The standard InChI is InChI=1S/C18H13N3O5/c22-15-14(10-19-12-6-4-5-11(9-12)17(24)25)16(23)21(18(26)20-15)13-7-2-1-3-8-13/h1-10,23H,(H,24,25)(H,20,22,26)/p-1. The average molecular weight is 350 g/mol. The molecule has 3 aromatic rings. The van der Waals surface area contributed by atoms with Gasteiger partial charge < -0.3 is 15.0 Å². The van der Waals surface area contributed by atoms with E-state index in [1.54, 1.807) is 30.3 Å². The molecule has 0 radical (unpaired) electrons. The molecule has 0 saturated carbocycles. The molecule has 8 nitrogen and oxygen atoms in total. The molecule has 0 aliphatic carbocycles. The second-order valence-electron chi connectivity index (χ2n) is 5.26. The van der Waals surface area contributed by atoms with Crippen LogP contribution in [0.2, 0.25) is 0 Å².